The number of ether oxygens (including phenoxy) is 1. The van der Waals surface area contributed by atoms with E-state index in [2.05, 4.69) is 0 Å². The number of para-hydroxylation sites is 1. The Balaban J connectivity index is 1.77. The standard InChI is InChI=1S/C23H23ClN2O3/c1-23(2,3)29-22(28)25-13-18-17-6-4-5-7-20(17)26(21(27)19(18)14-25)12-15-8-10-16(24)11-9-15/h4-11H,12-14H2,1-3H3. The van der Waals surface area contributed by atoms with Crippen LogP contribution in [0.2, 0.25) is 5.02 Å². The zero-order valence-electron chi connectivity index (χ0n) is 16.7. The number of carbonyl (C=O) groups excluding carboxylic acids is 1. The summed E-state index contributed by atoms with van der Waals surface area (Å²) >= 11 is 5.99. The summed E-state index contributed by atoms with van der Waals surface area (Å²) in [4.78, 5) is 27.5. The van der Waals surface area contributed by atoms with Gasteiger partial charge in [0.2, 0.25) is 0 Å². The van der Waals surface area contributed by atoms with Crippen LogP contribution in [0.3, 0.4) is 0 Å². The van der Waals surface area contributed by atoms with Crippen LogP contribution < -0.4 is 5.56 Å². The van der Waals surface area contributed by atoms with Crippen LogP contribution in [0.15, 0.2) is 53.3 Å². The maximum atomic E-state index is 13.4. The SMILES string of the molecule is CC(C)(C)OC(=O)N1Cc2c(c3ccccc3n(Cc3ccc(Cl)cc3)c2=O)C1. The van der Waals surface area contributed by atoms with Gasteiger partial charge in [-0.3, -0.25) is 9.69 Å². The lowest BCUT2D eigenvalue weighted by atomic mass is 10.0. The normalized spacial score (nSPS) is 13.6. The van der Waals surface area contributed by atoms with Crippen molar-refractivity contribution in [2.45, 2.75) is 46.0 Å². The van der Waals surface area contributed by atoms with Gasteiger partial charge in [0.1, 0.15) is 5.60 Å². The number of hydrogen-bond acceptors (Lipinski definition) is 3. The van der Waals surface area contributed by atoms with Crippen molar-refractivity contribution in [2.24, 2.45) is 0 Å². The average Bonchev–Trinajstić information content (AvgIpc) is 3.11. The molecule has 0 saturated heterocycles. The van der Waals surface area contributed by atoms with E-state index in [1.807, 2.05) is 69.3 Å². The van der Waals surface area contributed by atoms with E-state index in [4.69, 9.17) is 16.3 Å². The predicted molar refractivity (Wildman–Crippen MR) is 114 cm³/mol. The molecule has 0 saturated carbocycles. The van der Waals surface area contributed by atoms with Crippen LogP contribution in [-0.2, 0) is 24.4 Å². The van der Waals surface area contributed by atoms with E-state index in [-0.39, 0.29) is 12.1 Å². The molecule has 2 heterocycles. The lowest BCUT2D eigenvalue weighted by molar-refractivity contribution is 0.0242. The first-order chi connectivity index (χ1) is 13.7. The van der Waals surface area contributed by atoms with E-state index in [9.17, 15) is 9.59 Å². The maximum Gasteiger partial charge on any atom is 0.410 e. The molecule has 3 aromatic rings. The molecule has 0 atom stereocenters. The number of fused-ring (bicyclic) bond motifs is 3. The van der Waals surface area contributed by atoms with Crippen molar-refractivity contribution in [3.8, 4) is 0 Å². The van der Waals surface area contributed by atoms with Crippen LogP contribution >= 0.6 is 11.6 Å². The Morgan fingerprint density at radius 2 is 1.69 bits per heavy atom. The molecule has 5 nitrogen and oxygen atoms in total. The summed E-state index contributed by atoms with van der Waals surface area (Å²) in [6, 6.07) is 15.3. The van der Waals surface area contributed by atoms with Gasteiger partial charge in [0, 0.05) is 16.0 Å². The topological polar surface area (TPSA) is 51.5 Å². The molecule has 0 bridgehead atoms. The summed E-state index contributed by atoms with van der Waals surface area (Å²) in [5, 5.41) is 1.65. The molecule has 0 fully saturated rings. The Morgan fingerprint density at radius 1 is 1.03 bits per heavy atom. The minimum atomic E-state index is -0.581. The van der Waals surface area contributed by atoms with Gasteiger partial charge in [-0.2, -0.15) is 0 Å². The number of benzene rings is 2. The van der Waals surface area contributed by atoms with Gasteiger partial charge in [-0.25, -0.2) is 4.79 Å². The molecule has 0 N–H and O–H groups in total. The zero-order valence-corrected chi connectivity index (χ0v) is 17.5. The van der Waals surface area contributed by atoms with Crippen LogP contribution in [0.25, 0.3) is 10.9 Å². The summed E-state index contributed by atoms with van der Waals surface area (Å²) in [6.45, 7) is 6.58. The Hall–Kier alpha value is -2.79. The predicted octanol–water partition coefficient (Wildman–Crippen LogP) is 4.95. The fourth-order valence-electron chi connectivity index (χ4n) is 3.69. The van der Waals surface area contributed by atoms with Gasteiger partial charge in [-0.15, -0.1) is 0 Å². The van der Waals surface area contributed by atoms with Gasteiger partial charge >= 0.3 is 6.09 Å². The third-order valence-corrected chi connectivity index (χ3v) is 5.24. The number of nitrogens with zero attached hydrogens (tertiary/aromatic N) is 2. The molecule has 1 aliphatic rings. The van der Waals surface area contributed by atoms with E-state index in [1.54, 1.807) is 9.47 Å². The second-order valence-electron chi connectivity index (χ2n) is 8.33. The molecule has 0 spiro atoms. The molecule has 0 aliphatic carbocycles. The number of amides is 1. The molecule has 29 heavy (non-hydrogen) atoms. The van der Waals surface area contributed by atoms with E-state index in [1.165, 1.54) is 0 Å². The Morgan fingerprint density at radius 3 is 2.38 bits per heavy atom. The number of halogens is 1. The highest BCUT2D eigenvalue weighted by Gasteiger charge is 2.31. The summed E-state index contributed by atoms with van der Waals surface area (Å²) in [6.07, 6.45) is -0.401. The number of aromatic nitrogens is 1. The zero-order chi connectivity index (χ0) is 20.8. The third-order valence-electron chi connectivity index (χ3n) is 4.99. The van der Waals surface area contributed by atoms with Crippen molar-refractivity contribution in [1.82, 2.24) is 9.47 Å². The van der Waals surface area contributed by atoms with Crippen molar-refractivity contribution < 1.29 is 9.53 Å². The maximum absolute atomic E-state index is 13.4. The number of rotatable bonds is 2. The van der Waals surface area contributed by atoms with Crippen molar-refractivity contribution in [3.63, 3.8) is 0 Å². The van der Waals surface area contributed by atoms with Crippen molar-refractivity contribution >= 4 is 28.6 Å². The monoisotopic (exact) mass is 410 g/mol. The Kier molecular flexibility index (Phi) is 4.87. The smallest absolute Gasteiger partial charge is 0.410 e. The van der Waals surface area contributed by atoms with Gasteiger partial charge in [0.25, 0.3) is 5.56 Å². The Bertz CT molecular complexity index is 1140. The lowest BCUT2D eigenvalue weighted by Gasteiger charge is -2.24. The highest BCUT2D eigenvalue weighted by atomic mass is 35.5. The van der Waals surface area contributed by atoms with E-state index < -0.39 is 11.7 Å². The van der Waals surface area contributed by atoms with Gasteiger partial charge in [-0.1, -0.05) is 41.9 Å². The summed E-state index contributed by atoms with van der Waals surface area (Å²) in [5.41, 5.74) is 2.76. The minimum absolute atomic E-state index is 0.0697. The van der Waals surface area contributed by atoms with Gasteiger partial charge in [-0.05, 0) is 50.1 Å². The van der Waals surface area contributed by atoms with Gasteiger partial charge in [0.05, 0.1) is 25.2 Å². The summed E-state index contributed by atoms with van der Waals surface area (Å²) in [5.74, 6) is 0. The summed E-state index contributed by atoms with van der Waals surface area (Å²) in [7, 11) is 0. The van der Waals surface area contributed by atoms with E-state index in [0.29, 0.717) is 23.7 Å². The molecule has 0 radical (unpaired) electrons. The molecule has 6 heteroatoms. The van der Waals surface area contributed by atoms with E-state index in [0.717, 1.165) is 22.0 Å². The average molecular weight is 411 g/mol. The van der Waals surface area contributed by atoms with Crippen LogP contribution in [0.4, 0.5) is 4.79 Å². The third kappa shape index (κ3) is 3.87. The van der Waals surface area contributed by atoms with E-state index >= 15 is 0 Å². The second-order valence-corrected chi connectivity index (χ2v) is 8.76. The van der Waals surface area contributed by atoms with Crippen molar-refractivity contribution in [1.29, 1.82) is 0 Å². The number of hydrogen-bond donors (Lipinski definition) is 0. The largest absolute Gasteiger partial charge is 0.444 e. The number of pyridine rings is 1. The first kappa shape index (κ1) is 19.5. The first-order valence-electron chi connectivity index (χ1n) is 9.58. The van der Waals surface area contributed by atoms with Crippen molar-refractivity contribution in [2.75, 3.05) is 0 Å². The molecule has 2 aromatic carbocycles. The molecule has 0 unspecified atom stereocenters. The number of carbonyl (C=O) groups is 1. The molecule has 4 rings (SSSR count). The molecular weight excluding hydrogens is 388 g/mol. The fraction of sp³-hybridized carbons (Fsp3) is 0.304. The first-order valence-corrected chi connectivity index (χ1v) is 9.96. The molecule has 1 aliphatic heterocycles. The van der Waals surface area contributed by atoms with Gasteiger partial charge in [0.15, 0.2) is 0 Å². The van der Waals surface area contributed by atoms with Crippen LogP contribution in [0.1, 0.15) is 37.5 Å². The molecule has 150 valence electrons. The van der Waals surface area contributed by atoms with Crippen LogP contribution in [-0.4, -0.2) is 21.2 Å². The molecular formula is C23H23ClN2O3. The van der Waals surface area contributed by atoms with Gasteiger partial charge < -0.3 is 9.30 Å². The Labute approximate surface area is 174 Å². The lowest BCUT2D eigenvalue weighted by Crippen LogP contribution is -2.34. The van der Waals surface area contributed by atoms with Crippen LogP contribution in [0.5, 0.6) is 0 Å². The van der Waals surface area contributed by atoms with Crippen LogP contribution in [0, 0.1) is 0 Å². The second kappa shape index (κ2) is 7.23. The highest BCUT2D eigenvalue weighted by Crippen LogP contribution is 2.29. The molecule has 1 aromatic heterocycles. The minimum Gasteiger partial charge on any atom is -0.444 e. The quantitative estimate of drug-likeness (QED) is 0.600. The highest BCUT2D eigenvalue weighted by molar-refractivity contribution is 6.30. The fourth-order valence-corrected chi connectivity index (χ4v) is 3.82. The summed E-state index contributed by atoms with van der Waals surface area (Å²) < 4.78 is 7.28. The molecule has 1 amide bonds. The van der Waals surface area contributed by atoms with Crippen molar-refractivity contribution in [3.05, 3.63) is 80.6 Å².